The zero-order valence-electron chi connectivity index (χ0n) is 9.87. The van der Waals surface area contributed by atoms with Gasteiger partial charge in [-0.15, -0.1) is 10.2 Å². The molecule has 2 rings (SSSR count). The molecule has 0 unspecified atom stereocenters. The van der Waals surface area contributed by atoms with E-state index in [-0.39, 0.29) is 22.1 Å². The van der Waals surface area contributed by atoms with Crippen LogP contribution in [0.4, 0.5) is 5.69 Å². The zero-order valence-corrected chi connectivity index (χ0v) is 10.6. The van der Waals surface area contributed by atoms with Crippen molar-refractivity contribution in [2.75, 3.05) is 5.32 Å². The molecule has 1 aromatic heterocycles. The van der Waals surface area contributed by atoms with Gasteiger partial charge in [0.05, 0.1) is 5.69 Å². The van der Waals surface area contributed by atoms with E-state index in [9.17, 15) is 14.7 Å². The average Bonchev–Trinajstić information content (AvgIpc) is 2.41. The summed E-state index contributed by atoms with van der Waals surface area (Å²) in [5.74, 6) is -2.48. The molecule has 102 valence electrons. The number of hydrogen-bond acceptors (Lipinski definition) is 5. The van der Waals surface area contributed by atoms with Crippen LogP contribution in [0, 0.1) is 0 Å². The fourth-order valence-electron chi connectivity index (χ4n) is 1.44. The molecule has 0 atom stereocenters. The third-order valence-electron chi connectivity index (χ3n) is 2.38. The van der Waals surface area contributed by atoms with E-state index in [1.807, 2.05) is 0 Å². The van der Waals surface area contributed by atoms with Crippen LogP contribution in [0.2, 0.25) is 5.15 Å². The molecule has 0 saturated carbocycles. The first-order valence-corrected chi connectivity index (χ1v) is 5.72. The van der Waals surface area contributed by atoms with E-state index in [0.29, 0.717) is 0 Å². The van der Waals surface area contributed by atoms with Crippen molar-refractivity contribution in [1.29, 1.82) is 0 Å². The smallest absolute Gasteiger partial charge is 0.339 e. The monoisotopic (exact) mass is 293 g/mol. The van der Waals surface area contributed by atoms with Crippen LogP contribution in [0.3, 0.4) is 0 Å². The van der Waals surface area contributed by atoms with Gasteiger partial charge >= 0.3 is 5.97 Å². The number of aromatic nitrogens is 2. The summed E-state index contributed by atoms with van der Waals surface area (Å²) in [6.07, 6.45) is 0. The first kappa shape index (κ1) is 13.8. The Morgan fingerprint density at radius 1 is 1.15 bits per heavy atom. The highest BCUT2D eigenvalue weighted by Gasteiger charge is 2.16. The van der Waals surface area contributed by atoms with Gasteiger partial charge in [0.15, 0.2) is 16.6 Å². The normalized spacial score (nSPS) is 10.1. The van der Waals surface area contributed by atoms with Gasteiger partial charge in [-0.1, -0.05) is 17.7 Å². The molecule has 0 saturated heterocycles. The number of nitrogens with zero attached hydrogens (tertiary/aromatic N) is 2. The number of hydrogen-bond donors (Lipinski definition) is 3. The van der Waals surface area contributed by atoms with Crippen LogP contribution in [0.1, 0.15) is 20.8 Å². The van der Waals surface area contributed by atoms with Crippen LogP contribution >= 0.6 is 11.6 Å². The number of nitrogens with one attached hydrogen (secondary N) is 1. The number of amides is 1. The van der Waals surface area contributed by atoms with Crippen molar-refractivity contribution < 1.29 is 19.8 Å². The predicted octanol–water partition coefficient (Wildman–Crippen LogP) is 1.79. The fraction of sp³-hybridized carbons (Fsp3) is 0. The highest BCUT2D eigenvalue weighted by atomic mass is 35.5. The molecule has 1 heterocycles. The van der Waals surface area contributed by atoms with Crippen molar-refractivity contribution in [3.05, 3.63) is 46.7 Å². The highest BCUT2D eigenvalue weighted by molar-refractivity contribution is 6.29. The molecule has 0 bridgehead atoms. The van der Waals surface area contributed by atoms with Crippen molar-refractivity contribution in [3.8, 4) is 5.75 Å². The lowest BCUT2D eigenvalue weighted by molar-refractivity contribution is 0.0693. The van der Waals surface area contributed by atoms with Crippen LogP contribution < -0.4 is 5.32 Å². The molecule has 3 N–H and O–H groups in total. The van der Waals surface area contributed by atoms with Gasteiger partial charge in [-0.25, -0.2) is 4.79 Å². The Kier molecular flexibility index (Phi) is 3.81. The minimum Gasteiger partial charge on any atom is -0.505 e. The lowest BCUT2D eigenvalue weighted by atomic mass is 10.1. The van der Waals surface area contributed by atoms with Gasteiger partial charge in [0.1, 0.15) is 5.56 Å². The molecule has 1 amide bonds. The van der Waals surface area contributed by atoms with Gasteiger partial charge in [0.2, 0.25) is 0 Å². The largest absolute Gasteiger partial charge is 0.505 e. The zero-order chi connectivity index (χ0) is 14.7. The number of rotatable bonds is 3. The molecule has 0 radical (unpaired) electrons. The van der Waals surface area contributed by atoms with Crippen molar-refractivity contribution in [3.63, 3.8) is 0 Å². The highest BCUT2D eigenvalue weighted by Crippen LogP contribution is 2.27. The first-order valence-electron chi connectivity index (χ1n) is 5.35. The molecule has 20 heavy (non-hydrogen) atoms. The summed E-state index contributed by atoms with van der Waals surface area (Å²) in [6.45, 7) is 0. The van der Waals surface area contributed by atoms with Gasteiger partial charge in [0.25, 0.3) is 5.91 Å². The number of aromatic carboxylic acids is 1. The van der Waals surface area contributed by atoms with Crippen molar-refractivity contribution >= 4 is 29.2 Å². The van der Waals surface area contributed by atoms with E-state index in [4.69, 9.17) is 16.7 Å². The Morgan fingerprint density at radius 2 is 1.90 bits per heavy atom. The topological polar surface area (TPSA) is 112 Å². The predicted molar refractivity (Wildman–Crippen MR) is 70.1 cm³/mol. The number of phenols is 1. The number of carbonyl (C=O) groups excluding carboxylic acids is 1. The molecule has 7 nitrogen and oxygen atoms in total. The average molecular weight is 294 g/mol. The maximum Gasteiger partial charge on any atom is 0.339 e. The van der Waals surface area contributed by atoms with E-state index >= 15 is 0 Å². The number of benzene rings is 1. The molecular formula is C12H8ClN3O4. The number of carboxylic acid groups (broad SMARTS) is 1. The molecule has 0 aliphatic rings. The third-order valence-corrected chi connectivity index (χ3v) is 2.58. The van der Waals surface area contributed by atoms with Crippen LogP contribution in [-0.4, -0.2) is 32.3 Å². The molecule has 0 aliphatic carbocycles. The standard InChI is InChI=1S/C12H8ClN3O4/c13-9-5-4-8(15-16-9)11(18)14-7-3-1-2-6(10(7)17)12(19)20/h1-5,17H,(H,14,18)(H,19,20). The number of carbonyl (C=O) groups is 2. The second-order valence-corrected chi connectivity index (χ2v) is 4.09. The second kappa shape index (κ2) is 5.54. The molecule has 0 spiro atoms. The van der Waals surface area contributed by atoms with Crippen molar-refractivity contribution in [2.24, 2.45) is 0 Å². The summed E-state index contributed by atoms with van der Waals surface area (Å²) in [7, 11) is 0. The molecule has 1 aromatic carbocycles. The molecule has 0 fully saturated rings. The van der Waals surface area contributed by atoms with E-state index in [1.54, 1.807) is 0 Å². The molecule has 2 aromatic rings. The van der Waals surface area contributed by atoms with Crippen molar-refractivity contribution in [1.82, 2.24) is 10.2 Å². The molecular weight excluding hydrogens is 286 g/mol. The Balaban J connectivity index is 2.26. The maximum absolute atomic E-state index is 11.8. The van der Waals surface area contributed by atoms with E-state index in [1.165, 1.54) is 30.3 Å². The summed E-state index contributed by atoms with van der Waals surface area (Å²) < 4.78 is 0. The SMILES string of the molecule is O=C(Nc1cccc(C(=O)O)c1O)c1ccc(Cl)nn1. The summed E-state index contributed by atoms with van der Waals surface area (Å²) in [5, 5.41) is 28.2. The van der Waals surface area contributed by atoms with Gasteiger partial charge in [-0.2, -0.15) is 0 Å². The van der Waals surface area contributed by atoms with E-state index in [2.05, 4.69) is 15.5 Å². The van der Waals surface area contributed by atoms with E-state index in [0.717, 1.165) is 0 Å². The Labute approximate surface area is 117 Å². The fourth-order valence-corrected chi connectivity index (χ4v) is 1.54. The minimum absolute atomic E-state index is 0.0190. The number of carboxylic acids is 1. The summed E-state index contributed by atoms with van der Waals surface area (Å²) in [4.78, 5) is 22.7. The Morgan fingerprint density at radius 3 is 2.50 bits per heavy atom. The Hall–Kier alpha value is -2.67. The number of halogens is 1. The van der Waals surface area contributed by atoms with Crippen LogP contribution in [0.15, 0.2) is 30.3 Å². The number of para-hydroxylation sites is 1. The minimum atomic E-state index is -1.30. The maximum atomic E-state index is 11.8. The van der Waals surface area contributed by atoms with Gasteiger partial charge < -0.3 is 15.5 Å². The summed E-state index contributed by atoms with van der Waals surface area (Å²) >= 11 is 5.55. The van der Waals surface area contributed by atoms with Crippen LogP contribution in [-0.2, 0) is 0 Å². The quantitative estimate of drug-likeness (QED) is 0.744. The number of aromatic hydroxyl groups is 1. The first-order chi connectivity index (χ1) is 9.49. The molecule has 0 aliphatic heterocycles. The van der Waals surface area contributed by atoms with Gasteiger partial charge in [-0.05, 0) is 24.3 Å². The lowest BCUT2D eigenvalue weighted by Gasteiger charge is -2.08. The lowest BCUT2D eigenvalue weighted by Crippen LogP contribution is -2.14. The second-order valence-electron chi connectivity index (χ2n) is 3.70. The van der Waals surface area contributed by atoms with Crippen LogP contribution in [0.25, 0.3) is 0 Å². The number of anilines is 1. The summed E-state index contributed by atoms with van der Waals surface area (Å²) in [6, 6.07) is 6.71. The molecule has 8 heteroatoms. The third kappa shape index (κ3) is 2.83. The van der Waals surface area contributed by atoms with Crippen molar-refractivity contribution in [2.45, 2.75) is 0 Å². The Bertz CT molecular complexity index is 673. The summed E-state index contributed by atoms with van der Waals surface area (Å²) in [5.41, 5.74) is -0.369. The van der Waals surface area contributed by atoms with Crippen LogP contribution in [0.5, 0.6) is 5.75 Å². The van der Waals surface area contributed by atoms with Gasteiger partial charge in [-0.3, -0.25) is 4.79 Å². The van der Waals surface area contributed by atoms with Gasteiger partial charge in [0, 0.05) is 0 Å². The van der Waals surface area contributed by atoms with E-state index < -0.39 is 17.6 Å².